The minimum Gasteiger partial charge on any atom is -0.662 e. The van der Waals surface area contributed by atoms with Crippen LogP contribution in [0.2, 0.25) is 0 Å². The standard InChI is InChI=1S/C8H18N.3ClH.Ti/c1-7(2)5-9-6-8(3)4;;;;/h7-8H,5-6H2,1-4H3;3*1H;/q-1;;;;. The van der Waals surface area contributed by atoms with E-state index in [1.165, 1.54) is 0 Å². The van der Waals surface area contributed by atoms with E-state index < -0.39 is 0 Å². The van der Waals surface area contributed by atoms with Crippen LogP contribution in [0.5, 0.6) is 0 Å². The first-order chi connectivity index (χ1) is 4.13. The van der Waals surface area contributed by atoms with Crippen molar-refractivity contribution in [1.82, 2.24) is 0 Å². The van der Waals surface area contributed by atoms with E-state index in [4.69, 9.17) is 0 Å². The summed E-state index contributed by atoms with van der Waals surface area (Å²) in [6.07, 6.45) is 0. The summed E-state index contributed by atoms with van der Waals surface area (Å²) in [5.74, 6) is 1.45. The predicted molar refractivity (Wildman–Crippen MR) is 64.5 cm³/mol. The van der Waals surface area contributed by atoms with E-state index in [0.717, 1.165) is 24.9 Å². The summed E-state index contributed by atoms with van der Waals surface area (Å²) < 4.78 is 0. The Hall–Kier alpha value is 1.54. The molecule has 0 bridgehead atoms. The Morgan fingerprint density at radius 1 is 0.769 bits per heavy atom. The number of rotatable bonds is 4. The molecule has 0 rings (SSSR count). The molecule has 84 valence electrons. The molecule has 0 N–H and O–H groups in total. The Morgan fingerprint density at radius 3 is 1.15 bits per heavy atom. The molecule has 0 spiro atoms. The Labute approximate surface area is 116 Å². The molecular formula is C8H21Cl3NTi-. The summed E-state index contributed by atoms with van der Waals surface area (Å²) in [7, 11) is 0. The molecule has 0 fully saturated rings. The van der Waals surface area contributed by atoms with Crippen LogP contribution in [0.1, 0.15) is 27.7 Å². The first-order valence-electron chi connectivity index (χ1n) is 3.76. The van der Waals surface area contributed by atoms with Crippen molar-refractivity contribution in [3.8, 4) is 0 Å². The van der Waals surface area contributed by atoms with Crippen LogP contribution >= 0.6 is 37.2 Å². The first-order valence-corrected chi connectivity index (χ1v) is 3.76. The molecule has 0 heterocycles. The molecule has 0 aliphatic carbocycles. The van der Waals surface area contributed by atoms with Crippen LogP contribution in [0.3, 0.4) is 0 Å². The minimum absolute atomic E-state index is 0. The third-order valence-electron chi connectivity index (χ3n) is 0.988. The molecule has 0 aliphatic heterocycles. The maximum absolute atomic E-state index is 4.37. The van der Waals surface area contributed by atoms with Gasteiger partial charge in [-0.25, -0.2) is 0 Å². The first kappa shape index (κ1) is 29.3. The molecule has 0 unspecified atom stereocenters. The van der Waals surface area contributed by atoms with Crippen LogP contribution in [0.25, 0.3) is 5.32 Å². The molecule has 0 saturated heterocycles. The maximum atomic E-state index is 4.37. The number of nitrogens with zero attached hydrogens (tertiary/aromatic N) is 1. The second kappa shape index (κ2) is 19.2. The molecule has 0 aromatic heterocycles. The molecule has 0 aromatic rings. The third-order valence-corrected chi connectivity index (χ3v) is 0.988. The van der Waals surface area contributed by atoms with Crippen LogP contribution in [0, 0.1) is 11.8 Å². The summed E-state index contributed by atoms with van der Waals surface area (Å²) in [5.41, 5.74) is 0. The van der Waals surface area contributed by atoms with Gasteiger partial charge in [-0.15, -0.1) is 50.3 Å². The van der Waals surface area contributed by atoms with E-state index >= 15 is 0 Å². The SMILES string of the molecule is CC(C)C[N-]CC(C)C.Cl.Cl.Cl.[Ti]. The van der Waals surface area contributed by atoms with Crippen molar-refractivity contribution in [2.75, 3.05) is 13.1 Å². The molecule has 0 aliphatic rings. The molecule has 13 heavy (non-hydrogen) atoms. The van der Waals surface area contributed by atoms with Gasteiger partial charge in [-0.2, -0.15) is 0 Å². The number of hydrogen-bond donors (Lipinski definition) is 0. The topological polar surface area (TPSA) is 14.1 Å². The monoisotopic (exact) mass is 284 g/mol. The fraction of sp³-hybridized carbons (Fsp3) is 1.00. The van der Waals surface area contributed by atoms with Gasteiger partial charge in [-0.3, -0.25) is 0 Å². The summed E-state index contributed by atoms with van der Waals surface area (Å²) in [4.78, 5) is 0. The molecule has 5 heteroatoms. The van der Waals surface area contributed by atoms with E-state index in [9.17, 15) is 0 Å². The minimum atomic E-state index is 0. The van der Waals surface area contributed by atoms with Crippen LogP contribution in [0.15, 0.2) is 0 Å². The van der Waals surface area contributed by atoms with Gasteiger partial charge < -0.3 is 5.32 Å². The zero-order chi connectivity index (χ0) is 7.28. The Kier molecular flexibility index (Phi) is 43.2. The van der Waals surface area contributed by atoms with E-state index in [1.54, 1.807) is 0 Å². The van der Waals surface area contributed by atoms with Gasteiger partial charge in [0.25, 0.3) is 0 Å². The predicted octanol–water partition coefficient (Wildman–Crippen LogP) is 3.94. The Bertz CT molecular complexity index is 64.4. The maximum Gasteiger partial charge on any atom is 0 e. The van der Waals surface area contributed by atoms with E-state index in [-0.39, 0.29) is 58.9 Å². The van der Waals surface area contributed by atoms with Gasteiger partial charge in [-0.1, -0.05) is 39.5 Å². The van der Waals surface area contributed by atoms with Crippen molar-refractivity contribution < 1.29 is 21.7 Å². The summed E-state index contributed by atoms with van der Waals surface area (Å²) >= 11 is 0. The van der Waals surface area contributed by atoms with Gasteiger partial charge in [-0.05, 0) is 0 Å². The van der Waals surface area contributed by atoms with Gasteiger partial charge in [0.15, 0.2) is 0 Å². The third kappa shape index (κ3) is 31.7. The van der Waals surface area contributed by atoms with E-state index in [2.05, 4.69) is 33.0 Å². The molecule has 0 radical (unpaired) electrons. The number of halogens is 3. The molecule has 1 nitrogen and oxygen atoms in total. The van der Waals surface area contributed by atoms with Gasteiger partial charge in [0, 0.05) is 21.7 Å². The van der Waals surface area contributed by atoms with Crippen molar-refractivity contribution in [1.29, 1.82) is 0 Å². The van der Waals surface area contributed by atoms with Gasteiger partial charge >= 0.3 is 0 Å². The molecule has 0 atom stereocenters. The molecular weight excluding hydrogens is 264 g/mol. The summed E-state index contributed by atoms with van der Waals surface area (Å²) in [6, 6.07) is 0. The Balaban J connectivity index is -0.0000000533. The zero-order valence-corrected chi connectivity index (χ0v) is 12.8. The van der Waals surface area contributed by atoms with Crippen LogP contribution < -0.4 is 0 Å². The van der Waals surface area contributed by atoms with Crippen molar-refractivity contribution in [3.05, 3.63) is 5.32 Å². The fourth-order valence-electron chi connectivity index (χ4n) is 0.591. The van der Waals surface area contributed by atoms with Gasteiger partial charge in [0.1, 0.15) is 0 Å². The normalized spacial score (nSPS) is 7.85. The summed E-state index contributed by atoms with van der Waals surface area (Å²) in [5, 5.41) is 4.37. The Morgan fingerprint density at radius 2 is 1.00 bits per heavy atom. The average molecular weight is 285 g/mol. The summed E-state index contributed by atoms with van der Waals surface area (Å²) in [6.45, 7) is 10.8. The smallest absolute Gasteiger partial charge is 0 e. The molecule has 0 aromatic carbocycles. The number of hydrogen-bond acceptors (Lipinski definition) is 0. The zero-order valence-electron chi connectivity index (χ0n) is 8.74. The molecule has 0 amide bonds. The average Bonchev–Trinajstić information content (AvgIpc) is 1.63. The fourth-order valence-corrected chi connectivity index (χ4v) is 0.591. The van der Waals surface area contributed by atoms with E-state index in [0.29, 0.717) is 0 Å². The van der Waals surface area contributed by atoms with Crippen molar-refractivity contribution in [3.63, 3.8) is 0 Å². The van der Waals surface area contributed by atoms with Gasteiger partial charge in [0.05, 0.1) is 0 Å². The van der Waals surface area contributed by atoms with Crippen LogP contribution in [-0.4, -0.2) is 13.1 Å². The van der Waals surface area contributed by atoms with E-state index in [1.807, 2.05) is 0 Å². The van der Waals surface area contributed by atoms with Crippen molar-refractivity contribution in [2.45, 2.75) is 27.7 Å². The van der Waals surface area contributed by atoms with Crippen LogP contribution in [0.4, 0.5) is 0 Å². The van der Waals surface area contributed by atoms with Crippen LogP contribution in [-0.2, 0) is 21.7 Å². The van der Waals surface area contributed by atoms with Crippen molar-refractivity contribution in [2.24, 2.45) is 11.8 Å². The molecule has 0 saturated carbocycles. The second-order valence-electron chi connectivity index (χ2n) is 3.38. The van der Waals surface area contributed by atoms with Crippen molar-refractivity contribution >= 4 is 37.2 Å². The second-order valence-corrected chi connectivity index (χ2v) is 3.38. The largest absolute Gasteiger partial charge is 0.662 e. The quantitative estimate of drug-likeness (QED) is 0.695. The van der Waals surface area contributed by atoms with Gasteiger partial charge in [0.2, 0.25) is 0 Å².